The number of aromatic amines is 1. The number of nitrogens with zero attached hydrogens (tertiary/aromatic N) is 2. The number of amides is 2. The highest BCUT2D eigenvalue weighted by atomic mass is 19.1. The van der Waals surface area contributed by atoms with Crippen molar-refractivity contribution in [1.29, 1.82) is 0 Å². The van der Waals surface area contributed by atoms with Gasteiger partial charge in [0, 0.05) is 43.2 Å². The summed E-state index contributed by atoms with van der Waals surface area (Å²) in [6, 6.07) is 6.14. The summed E-state index contributed by atoms with van der Waals surface area (Å²) in [7, 11) is 1.39. The highest BCUT2D eigenvalue weighted by Crippen LogP contribution is 2.40. The van der Waals surface area contributed by atoms with Crippen LogP contribution in [0, 0.1) is 29.5 Å². The van der Waals surface area contributed by atoms with Gasteiger partial charge in [-0.25, -0.2) is 4.39 Å². The fourth-order valence-corrected chi connectivity index (χ4v) is 4.49. The van der Waals surface area contributed by atoms with Crippen LogP contribution < -0.4 is 15.4 Å². The van der Waals surface area contributed by atoms with E-state index in [9.17, 15) is 14.0 Å². The van der Waals surface area contributed by atoms with Crippen LogP contribution in [0.5, 0.6) is 5.75 Å². The molecule has 1 aromatic carbocycles. The van der Waals surface area contributed by atoms with Gasteiger partial charge in [0.15, 0.2) is 11.6 Å². The second kappa shape index (κ2) is 10.1. The van der Waals surface area contributed by atoms with E-state index >= 15 is 0 Å². The van der Waals surface area contributed by atoms with Gasteiger partial charge in [-0.2, -0.15) is 0 Å². The number of halogens is 1. The van der Waals surface area contributed by atoms with Crippen LogP contribution in [0.25, 0.3) is 11.3 Å². The summed E-state index contributed by atoms with van der Waals surface area (Å²) in [5, 5.41) is 6.10. The number of H-pyrrole nitrogens is 1. The van der Waals surface area contributed by atoms with Crippen LogP contribution in [0.2, 0.25) is 0 Å². The number of likely N-dealkylation sites (tertiary alicyclic amines) is 1. The maximum absolute atomic E-state index is 14.4. The predicted molar refractivity (Wildman–Crippen MR) is 137 cm³/mol. The molecular formula is C28H24FN5O3. The number of carbonyl (C=O) groups is 2. The van der Waals surface area contributed by atoms with Crippen molar-refractivity contribution >= 4 is 23.2 Å². The molecule has 0 bridgehead atoms. The lowest BCUT2D eigenvalue weighted by molar-refractivity contribution is -0.130. The van der Waals surface area contributed by atoms with Crippen LogP contribution in [-0.4, -0.2) is 52.9 Å². The largest absolute Gasteiger partial charge is 0.492 e. The summed E-state index contributed by atoms with van der Waals surface area (Å²) < 4.78 is 19.7. The van der Waals surface area contributed by atoms with Crippen molar-refractivity contribution < 1.29 is 18.7 Å². The fraction of sp³-hybridized carbons (Fsp3) is 0.250. The summed E-state index contributed by atoms with van der Waals surface area (Å²) in [4.78, 5) is 34.3. The number of pyridine rings is 1. The molecule has 5 rings (SSSR count). The Morgan fingerprint density at radius 3 is 2.95 bits per heavy atom. The normalized spacial score (nSPS) is 15.7. The van der Waals surface area contributed by atoms with E-state index in [0.29, 0.717) is 53.3 Å². The molecule has 1 atom stereocenters. The predicted octanol–water partition coefficient (Wildman–Crippen LogP) is 3.23. The van der Waals surface area contributed by atoms with Crippen LogP contribution in [-0.2, 0) is 11.2 Å². The summed E-state index contributed by atoms with van der Waals surface area (Å²) in [5.74, 6) is 10.6. The molecule has 1 saturated heterocycles. The molecule has 0 saturated carbocycles. The molecule has 4 heterocycles. The zero-order valence-corrected chi connectivity index (χ0v) is 20.4. The number of nitrogens with one attached hydrogen (secondary N) is 3. The number of anilines is 2. The third kappa shape index (κ3) is 4.48. The Morgan fingerprint density at radius 2 is 2.19 bits per heavy atom. The van der Waals surface area contributed by atoms with Crippen molar-refractivity contribution in [3.8, 4) is 40.7 Å². The highest BCUT2D eigenvalue weighted by molar-refractivity contribution is 6.06. The van der Waals surface area contributed by atoms with Gasteiger partial charge in [0.2, 0.25) is 0 Å². The van der Waals surface area contributed by atoms with Gasteiger partial charge in [0.25, 0.3) is 11.8 Å². The maximum atomic E-state index is 14.4. The number of rotatable bonds is 4. The Balaban J connectivity index is 1.58. The van der Waals surface area contributed by atoms with Crippen molar-refractivity contribution in [2.24, 2.45) is 0 Å². The lowest BCUT2D eigenvalue weighted by Gasteiger charge is -2.36. The first-order chi connectivity index (χ1) is 18.0. The fourth-order valence-electron chi connectivity index (χ4n) is 4.49. The van der Waals surface area contributed by atoms with E-state index in [1.54, 1.807) is 42.4 Å². The lowest BCUT2D eigenvalue weighted by Crippen LogP contribution is -2.49. The quantitative estimate of drug-likeness (QED) is 0.481. The molecule has 2 amide bonds. The van der Waals surface area contributed by atoms with E-state index in [-0.39, 0.29) is 23.6 Å². The Hall–Kier alpha value is -4.76. The summed E-state index contributed by atoms with van der Waals surface area (Å²) in [6.45, 7) is 2.75. The number of hydrogen-bond donors (Lipinski definition) is 3. The number of hydrogen-bond acceptors (Lipinski definition) is 5. The Kier molecular flexibility index (Phi) is 6.53. The number of benzene rings is 1. The van der Waals surface area contributed by atoms with Gasteiger partial charge in [-0.15, -0.1) is 0 Å². The van der Waals surface area contributed by atoms with Gasteiger partial charge < -0.3 is 25.3 Å². The third-order valence-corrected chi connectivity index (χ3v) is 6.37. The van der Waals surface area contributed by atoms with Crippen molar-refractivity contribution in [2.75, 3.05) is 25.5 Å². The minimum atomic E-state index is -0.522. The van der Waals surface area contributed by atoms with Crippen LogP contribution in [0.1, 0.15) is 35.0 Å². The van der Waals surface area contributed by atoms with Crippen molar-refractivity contribution in [2.45, 2.75) is 25.8 Å². The van der Waals surface area contributed by atoms with Crippen LogP contribution in [0.4, 0.5) is 15.8 Å². The van der Waals surface area contributed by atoms with Gasteiger partial charge in [-0.1, -0.05) is 23.8 Å². The van der Waals surface area contributed by atoms with E-state index in [1.807, 2.05) is 0 Å². The van der Waals surface area contributed by atoms with Crippen LogP contribution in [0.3, 0.4) is 0 Å². The zero-order chi connectivity index (χ0) is 25.9. The first-order valence-corrected chi connectivity index (χ1v) is 11.8. The first kappa shape index (κ1) is 24.0. The average Bonchev–Trinajstić information content (AvgIpc) is 3.23. The van der Waals surface area contributed by atoms with Crippen LogP contribution in [0.15, 0.2) is 36.7 Å². The van der Waals surface area contributed by atoms with E-state index in [0.717, 1.165) is 12.1 Å². The summed E-state index contributed by atoms with van der Waals surface area (Å²) in [5.41, 5.74) is 4.05. The standard InChI is InChI=1S/C28H24FN5O3/c1-3-5-23(35)34-15-12-18(34)9-8-17-16-30-13-10-19(17)25-26(24-21(32-25)11-14-31-28(24)36)33-22-7-4-6-20(29)27(22)37-2/h4,6-7,10,13,16,18,32-33H,11-12,14-15H2,1-2H3,(H,31,36)/t18-/m0/s1. The molecule has 186 valence electrons. The molecule has 0 unspecified atom stereocenters. The van der Waals surface area contributed by atoms with Crippen LogP contribution >= 0.6 is 0 Å². The van der Waals surface area contributed by atoms with Gasteiger partial charge >= 0.3 is 0 Å². The number of methoxy groups -OCH3 is 1. The molecule has 9 heteroatoms. The molecular weight excluding hydrogens is 473 g/mol. The van der Waals surface area contributed by atoms with E-state index in [4.69, 9.17) is 4.74 Å². The Bertz CT molecular complexity index is 1520. The molecule has 0 spiro atoms. The topological polar surface area (TPSA) is 99.3 Å². The number of aromatic nitrogens is 2. The molecule has 3 aromatic rings. The van der Waals surface area contributed by atoms with Gasteiger partial charge in [0.1, 0.15) is 0 Å². The van der Waals surface area contributed by atoms with Crippen molar-refractivity contribution in [3.63, 3.8) is 0 Å². The number of para-hydroxylation sites is 1. The Morgan fingerprint density at radius 1 is 1.32 bits per heavy atom. The maximum Gasteiger partial charge on any atom is 0.299 e. The molecule has 2 aliphatic rings. The molecule has 3 N–H and O–H groups in total. The van der Waals surface area contributed by atoms with Crippen molar-refractivity contribution in [3.05, 3.63) is 59.3 Å². The second-order valence-corrected chi connectivity index (χ2v) is 8.55. The highest BCUT2D eigenvalue weighted by Gasteiger charge is 2.30. The van der Waals surface area contributed by atoms with Crippen molar-refractivity contribution in [1.82, 2.24) is 20.2 Å². The molecule has 1 fully saturated rings. The monoisotopic (exact) mass is 497 g/mol. The zero-order valence-electron chi connectivity index (χ0n) is 20.4. The molecule has 0 radical (unpaired) electrons. The smallest absolute Gasteiger partial charge is 0.299 e. The number of carbonyl (C=O) groups excluding carboxylic acids is 2. The summed E-state index contributed by atoms with van der Waals surface area (Å²) >= 11 is 0. The Labute approximate surface area is 213 Å². The molecule has 8 nitrogen and oxygen atoms in total. The SMILES string of the molecule is CC#CC(=O)N1CC[C@@H]1C#Cc1cnccc1-c1[nH]c2c(c1Nc1cccc(F)c1OC)C(=O)NCC2. The number of fused-ring (bicyclic) bond motifs is 1. The molecule has 0 aliphatic carbocycles. The van der Waals surface area contributed by atoms with Gasteiger partial charge in [0.05, 0.1) is 41.3 Å². The average molecular weight is 498 g/mol. The van der Waals surface area contributed by atoms with E-state index in [1.165, 1.54) is 13.2 Å². The lowest BCUT2D eigenvalue weighted by atomic mass is 10.0. The van der Waals surface area contributed by atoms with Gasteiger partial charge in [-0.05, 0) is 37.5 Å². The van der Waals surface area contributed by atoms with E-state index < -0.39 is 5.82 Å². The molecule has 37 heavy (non-hydrogen) atoms. The minimum Gasteiger partial charge on any atom is -0.492 e. The third-order valence-electron chi connectivity index (χ3n) is 6.37. The van der Waals surface area contributed by atoms with Gasteiger partial charge in [-0.3, -0.25) is 14.6 Å². The number of ether oxygens (including phenoxy) is 1. The second-order valence-electron chi connectivity index (χ2n) is 8.55. The molecule has 2 aromatic heterocycles. The minimum absolute atomic E-state index is 0.0410. The summed E-state index contributed by atoms with van der Waals surface area (Å²) in [6.07, 6.45) is 4.66. The first-order valence-electron chi connectivity index (χ1n) is 11.8. The van der Waals surface area contributed by atoms with E-state index in [2.05, 4.69) is 44.3 Å². The molecule has 2 aliphatic heterocycles.